The topological polar surface area (TPSA) is 32.3 Å². The molecule has 1 rings (SSSR count). The van der Waals surface area contributed by atoms with Crippen molar-refractivity contribution in [2.45, 2.75) is 26.2 Å². The predicted octanol–water partition coefficient (Wildman–Crippen LogP) is 1.10. The number of halogens is 2. The van der Waals surface area contributed by atoms with E-state index in [1.807, 2.05) is 0 Å². The molecule has 0 unspecified atom stereocenters. The molecule has 0 bridgehead atoms. The zero-order valence-electron chi connectivity index (χ0n) is 9.01. The number of nitrogens with one attached hydrogen (secondary N) is 1. The molecule has 15 heavy (non-hydrogen) atoms. The van der Waals surface area contributed by atoms with Crippen LogP contribution in [0.2, 0.25) is 0 Å². The fourth-order valence-electron chi connectivity index (χ4n) is 1.83. The monoisotopic (exact) mass is 220 g/mol. The molecule has 1 N–H and O–H groups in total. The van der Waals surface area contributed by atoms with E-state index >= 15 is 0 Å². The van der Waals surface area contributed by atoms with Gasteiger partial charge in [0.05, 0.1) is 0 Å². The highest BCUT2D eigenvalue weighted by atomic mass is 19.3. The van der Waals surface area contributed by atoms with Crippen LogP contribution in [0.4, 0.5) is 8.78 Å². The largest absolute Gasteiger partial charge is 0.351 e. The van der Waals surface area contributed by atoms with Crippen molar-refractivity contribution < 1.29 is 13.6 Å². The van der Waals surface area contributed by atoms with Gasteiger partial charge in [-0.05, 0) is 38.4 Å². The standard InChI is InChI=1S/C10H18F2N2O/c1-2-14-5-3-8(4-6-14)7-13-10(15)9(11)12/h8-9H,2-7H2,1H3,(H,13,15). The molecule has 3 nitrogen and oxygen atoms in total. The molecule has 88 valence electrons. The Morgan fingerprint density at radius 1 is 1.47 bits per heavy atom. The van der Waals surface area contributed by atoms with Crippen LogP contribution in [0.5, 0.6) is 0 Å². The molecule has 0 aliphatic carbocycles. The number of carbonyl (C=O) groups is 1. The maximum atomic E-state index is 11.9. The summed E-state index contributed by atoms with van der Waals surface area (Å²) in [6, 6.07) is 0. The molecule has 0 aromatic rings. The van der Waals surface area contributed by atoms with Gasteiger partial charge in [-0.3, -0.25) is 4.79 Å². The second kappa shape index (κ2) is 6.00. The lowest BCUT2D eigenvalue weighted by atomic mass is 9.97. The van der Waals surface area contributed by atoms with Gasteiger partial charge in [0.25, 0.3) is 5.91 Å². The third kappa shape index (κ3) is 4.11. The second-order valence-electron chi connectivity index (χ2n) is 3.92. The fourth-order valence-corrected chi connectivity index (χ4v) is 1.83. The van der Waals surface area contributed by atoms with Gasteiger partial charge in [0.2, 0.25) is 0 Å². The molecule has 1 amide bonds. The van der Waals surface area contributed by atoms with Crippen LogP contribution in [-0.4, -0.2) is 43.4 Å². The quantitative estimate of drug-likeness (QED) is 0.769. The smallest absolute Gasteiger partial charge is 0.315 e. The van der Waals surface area contributed by atoms with Gasteiger partial charge in [0.15, 0.2) is 0 Å². The predicted molar refractivity (Wildman–Crippen MR) is 53.9 cm³/mol. The maximum absolute atomic E-state index is 11.9. The van der Waals surface area contributed by atoms with Crippen molar-refractivity contribution in [2.24, 2.45) is 5.92 Å². The van der Waals surface area contributed by atoms with E-state index in [4.69, 9.17) is 0 Å². The molecule has 1 aliphatic rings. The van der Waals surface area contributed by atoms with Crippen LogP contribution in [0.3, 0.4) is 0 Å². The van der Waals surface area contributed by atoms with Crippen molar-refractivity contribution in [1.29, 1.82) is 0 Å². The highest BCUT2D eigenvalue weighted by Gasteiger charge is 2.20. The van der Waals surface area contributed by atoms with Crippen molar-refractivity contribution in [1.82, 2.24) is 10.2 Å². The van der Waals surface area contributed by atoms with E-state index in [9.17, 15) is 13.6 Å². The maximum Gasteiger partial charge on any atom is 0.315 e. The Morgan fingerprint density at radius 3 is 2.53 bits per heavy atom. The lowest BCUT2D eigenvalue weighted by Gasteiger charge is -2.30. The Kier molecular flexibility index (Phi) is 4.94. The Balaban J connectivity index is 2.16. The number of amides is 1. The number of hydrogen-bond donors (Lipinski definition) is 1. The van der Waals surface area contributed by atoms with Crippen LogP contribution in [-0.2, 0) is 4.79 Å². The van der Waals surface area contributed by atoms with E-state index in [-0.39, 0.29) is 0 Å². The number of likely N-dealkylation sites (tertiary alicyclic amines) is 1. The first-order valence-corrected chi connectivity index (χ1v) is 5.41. The summed E-state index contributed by atoms with van der Waals surface area (Å²) in [6.07, 6.45) is -0.921. The number of piperidine rings is 1. The number of alkyl halides is 2. The minimum atomic E-state index is -2.89. The van der Waals surface area contributed by atoms with E-state index in [1.165, 1.54) is 0 Å². The van der Waals surface area contributed by atoms with E-state index in [0.717, 1.165) is 32.5 Å². The summed E-state index contributed by atoms with van der Waals surface area (Å²) < 4.78 is 23.8. The molecular weight excluding hydrogens is 202 g/mol. The van der Waals surface area contributed by atoms with E-state index in [0.29, 0.717) is 12.5 Å². The van der Waals surface area contributed by atoms with Gasteiger partial charge in [0, 0.05) is 6.54 Å². The minimum Gasteiger partial charge on any atom is -0.351 e. The molecular formula is C10H18F2N2O. The summed E-state index contributed by atoms with van der Waals surface area (Å²) in [5, 5.41) is 2.28. The summed E-state index contributed by atoms with van der Waals surface area (Å²) in [5.41, 5.74) is 0. The van der Waals surface area contributed by atoms with Crippen LogP contribution in [0.15, 0.2) is 0 Å². The lowest BCUT2D eigenvalue weighted by molar-refractivity contribution is -0.132. The molecule has 5 heteroatoms. The summed E-state index contributed by atoms with van der Waals surface area (Å²) in [7, 11) is 0. The zero-order chi connectivity index (χ0) is 11.3. The molecule has 0 saturated carbocycles. The van der Waals surface area contributed by atoms with E-state index in [1.54, 1.807) is 0 Å². The van der Waals surface area contributed by atoms with Crippen LogP contribution in [0.25, 0.3) is 0 Å². The van der Waals surface area contributed by atoms with E-state index in [2.05, 4.69) is 17.1 Å². The lowest BCUT2D eigenvalue weighted by Crippen LogP contribution is -2.39. The first-order chi connectivity index (χ1) is 7.13. The fraction of sp³-hybridized carbons (Fsp3) is 0.900. The summed E-state index contributed by atoms with van der Waals surface area (Å²) in [4.78, 5) is 13.0. The van der Waals surface area contributed by atoms with Gasteiger partial charge in [-0.25, -0.2) is 0 Å². The minimum absolute atomic E-state index is 0.357. The molecule has 0 spiro atoms. The highest BCUT2D eigenvalue weighted by molar-refractivity contribution is 5.78. The van der Waals surface area contributed by atoms with Crippen molar-refractivity contribution in [3.63, 3.8) is 0 Å². The van der Waals surface area contributed by atoms with Crippen molar-refractivity contribution in [2.75, 3.05) is 26.2 Å². The van der Waals surface area contributed by atoms with Crippen LogP contribution in [0.1, 0.15) is 19.8 Å². The first kappa shape index (κ1) is 12.4. The van der Waals surface area contributed by atoms with Crippen LogP contribution < -0.4 is 5.32 Å². The van der Waals surface area contributed by atoms with Gasteiger partial charge >= 0.3 is 6.43 Å². The van der Waals surface area contributed by atoms with Gasteiger partial charge in [0.1, 0.15) is 0 Å². The first-order valence-electron chi connectivity index (χ1n) is 5.41. The number of carbonyl (C=O) groups excluding carboxylic acids is 1. The summed E-state index contributed by atoms with van der Waals surface area (Å²) in [5.74, 6) is -0.788. The number of nitrogens with zero attached hydrogens (tertiary/aromatic N) is 1. The normalized spacial score (nSPS) is 19.5. The van der Waals surface area contributed by atoms with Crippen molar-refractivity contribution in [3.05, 3.63) is 0 Å². The Bertz CT molecular complexity index is 204. The Hall–Kier alpha value is -0.710. The average Bonchev–Trinajstić information content (AvgIpc) is 2.26. The van der Waals surface area contributed by atoms with Crippen molar-refractivity contribution >= 4 is 5.91 Å². The van der Waals surface area contributed by atoms with Crippen LogP contribution in [0, 0.1) is 5.92 Å². The highest BCUT2D eigenvalue weighted by Crippen LogP contribution is 2.15. The Labute approximate surface area is 88.8 Å². The molecule has 1 saturated heterocycles. The molecule has 0 aromatic heterocycles. The molecule has 1 fully saturated rings. The summed E-state index contributed by atoms with van der Waals surface area (Å²) in [6.45, 7) is 5.55. The molecule has 1 aliphatic heterocycles. The molecule has 0 radical (unpaired) electrons. The second-order valence-corrected chi connectivity index (χ2v) is 3.92. The van der Waals surface area contributed by atoms with Crippen LogP contribution >= 0.6 is 0 Å². The summed E-state index contributed by atoms with van der Waals surface area (Å²) >= 11 is 0. The molecule has 1 heterocycles. The number of rotatable bonds is 4. The SMILES string of the molecule is CCN1CCC(CNC(=O)C(F)F)CC1. The average molecular weight is 220 g/mol. The van der Waals surface area contributed by atoms with Gasteiger partial charge in [-0.1, -0.05) is 6.92 Å². The van der Waals surface area contributed by atoms with E-state index < -0.39 is 12.3 Å². The number of hydrogen-bond acceptors (Lipinski definition) is 2. The zero-order valence-corrected chi connectivity index (χ0v) is 9.01. The van der Waals surface area contributed by atoms with Gasteiger partial charge < -0.3 is 10.2 Å². The van der Waals surface area contributed by atoms with Crippen molar-refractivity contribution in [3.8, 4) is 0 Å². The third-order valence-corrected chi connectivity index (χ3v) is 2.92. The third-order valence-electron chi connectivity index (χ3n) is 2.92. The Morgan fingerprint density at radius 2 is 2.07 bits per heavy atom. The van der Waals surface area contributed by atoms with Gasteiger partial charge in [-0.2, -0.15) is 8.78 Å². The molecule has 0 atom stereocenters. The van der Waals surface area contributed by atoms with Gasteiger partial charge in [-0.15, -0.1) is 0 Å². The molecule has 0 aromatic carbocycles.